The molecular weight excluding hydrogens is 474 g/mol. The number of hydrogen-bond acceptors (Lipinski definition) is 4. The molecule has 0 aliphatic carbocycles. The lowest BCUT2D eigenvalue weighted by Crippen LogP contribution is -2.53. The summed E-state index contributed by atoms with van der Waals surface area (Å²) in [7, 11) is -3.75. The Morgan fingerprint density at radius 3 is 1.97 bits per heavy atom. The lowest BCUT2D eigenvalue weighted by molar-refractivity contribution is -0.140. The Hall–Kier alpha value is -2.87. The summed E-state index contributed by atoms with van der Waals surface area (Å²) in [5.41, 5.74) is 3.46. The summed E-state index contributed by atoms with van der Waals surface area (Å²) < 4.78 is 26.6. The highest BCUT2D eigenvalue weighted by Gasteiger charge is 2.32. The third kappa shape index (κ3) is 8.08. The minimum absolute atomic E-state index is 0.0325. The van der Waals surface area contributed by atoms with Gasteiger partial charge < -0.3 is 10.2 Å². The Labute approximate surface area is 216 Å². The first kappa shape index (κ1) is 29.4. The van der Waals surface area contributed by atoms with Crippen LogP contribution in [0.1, 0.15) is 70.1 Å². The zero-order valence-corrected chi connectivity index (χ0v) is 23.4. The Balaban J connectivity index is 2.42. The minimum atomic E-state index is -3.75. The predicted octanol–water partition coefficient (Wildman–Crippen LogP) is 4.61. The van der Waals surface area contributed by atoms with E-state index < -0.39 is 28.5 Å². The van der Waals surface area contributed by atoms with Crippen LogP contribution in [0.5, 0.6) is 0 Å². The number of carbonyl (C=O) groups excluding carboxylic acids is 2. The summed E-state index contributed by atoms with van der Waals surface area (Å²) >= 11 is 0. The van der Waals surface area contributed by atoms with Crippen molar-refractivity contribution in [2.24, 2.45) is 0 Å². The van der Waals surface area contributed by atoms with Crippen LogP contribution in [0.2, 0.25) is 0 Å². The number of benzene rings is 2. The summed E-state index contributed by atoms with van der Waals surface area (Å²) in [6, 6.07) is 14.2. The van der Waals surface area contributed by atoms with E-state index in [0.717, 1.165) is 33.7 Å². The average molecular weight is 516 g/mol. The van der Waals surface area contributed by atoms with Crippen LogP contribution in [-0.2, 0) is 26.2 Å². The molecule has 0 aromatic heterocycles. The lowest BCUT2D eigenvalue weighted by atomic mass is 10.0. The molecule has 0 radical (unpaired) electrons. The fourth-order valence-electron chi connectivity index (χ4n) is 3.89. The van der Waals surface area contributed by atoms with Crippen LogP contribution in [0, 0.1) is 6.92 Å². The highest BCUT2D eigenvalue weighted by Crippen LogP contribution is 2.23. The molecule has 0 spiro atoms. The largest absolute Gasteiger partial charge is 0.352 e. The molecule has 0 saturated carbocycles. The topological polar surface area (TPSA) is 86.8 Å². The van der Waals surface area contributed by atoms with Gasteiger partial charge in [-0.25, -0.2) is 8.42 Å². The Bertz CT molecular complexity index is 1110. The van der Waals surface area contributed by atoms with Crippen LogP contribution in [0.25, 0.3) is 0 Å². The van der Waals surface area contributed by atoms with E-state index in [1.807, 2.05) is 64.1 Å². The molecule has 1 N–H and O–H groups in total. The number of hydrogen-bond donors (Lipinski definition) is 1. The van der Waals surface area contributed by atoms with Gasteiger partial charge in [0.25, 0.3) is 0 Å². The maximum absolute atomic E-state index is 13.7. The molecule has 2 unspecified atom stereocenters. The van der Waals surface area contributed by atoms with Crippen LogP contribution in [0.4, 0.5) is 5.69 Å². The SMILES string of the molecule is CCC(C)NC(=O)C(CC)N(Cc1ccc(C)cc1)C(=O)CN(c1ccc(C(C)C)cc1)S(C)(=O)=O. The maximum atomic E-state index is 13.7. The predicted molar refractivity (Wildman–Crippen MR) is 146 cm³/mol. The number of nitrogens with one attached hydrogen (secondary N) is 1. The summed E-state index contributed by atoms with van der Waals surface area (Å²) in [5.74, 6) is -0.369. The van der Waals surface area contributed by atoms with Gasteiger partial charge in [-0.05, 0) is 55.9 Å². The van der Waals surface area contributed by atoms with Gasteiger partial charge in [0.05, 0.1) is 11.9 Å². The summed E-state index contributed by atoms with van der Waals surface area (Å²) in [6.45, 7) is 11.7. The van der Waals surface area contributed by atoms with E-state index in [1.54, 1.807) is 12.1 Å². The van der Waals surface area contributed by atoms with Gasteiger partial charge in [-0.15, -0.1) is 0 Å². The zero-order chi connectivity index (χ0) is 27.0. The van der Waals surface area contributed by atoms with Crippen LogP contribution >= 0.6 is 0 Å². The Morgan fingerprint density at radius 1 is 0.917 bits per heavy atom. The first-order valence-electron chi connectivity index (χ1n) is 12.6. The number of aryl methyl sites for hydroxylation is 1. The second-order valence-corrected chi connectivity index (χ2v) is 11.7. The molecule has 0 aliphatic heterocycles. The summed E-state index contributed by atoms with van der Waals surface area (Å²) in [5, 5.41) is 2.98. The Kier molecular flexibility index (Phi) is 10.5. The zero-order valence-electron chi connectivity index (χ0n) is 22.6. The van der Waals surface area contributed by atoms with Gasteiger partial charge in [0.2, 0.25) is 21.8 Å². The van der Waals surface area contributed by atoms with E-state index in [9.17, 15) is 18.0 Å². The molecule has 2 atom stereocenters. The van der Waals surface area contributed by atoms with Gasteiger partial charge in [0.15, 0.2) is 0 Å². The molecule has 0 aliphatic rings. The van der Waals surface area contributed by atoms with E-state index >= 15 is 0 Å². The van der Waals surface area contributed by atoms with Gasteiger partial charge in [-0.1, -0.05) is 69.7 Å². The fourth-order valence-corrected chi connectivity index (χ4v) is 4.74. The molecule has 2 aromatic rings. The Morgan fingerprint density at radius 2 is 1.50 bits per heavy atom. The number of nitrogens with zero attached hydrogens (tertiary/aromatic N) is 2. The number of amides is 2. The molecule has 2 amide bonds. The molecular formula is C28H41N3O4S. The van der Waals surface area contributed by atoms with Crippen LogP contribution in [-0.4, -0.2) is 50.0 Å². The number of rotatable bonds is 12. The van der Waals surface area contributed by atoms with Gasteiger partial charge >= 0.3 is 0 Å². The highest BCUT2D eigenvalue weighted by atomic mass is 32.2. The van der Waals surface area contributed by atoms with Crippen molar-refractivity contribution >= 4 is 27.5 Å². The molecule has 0 bridgehead atoms. The quantitative estimate of drug-likeness (QED) is 0.447. The molecule has 2 aromatic carbocycles. The molecule has 8 heteroatoms. The maximum Gasteiger partial charge on any atom is 0.244 e. The van der Waals surface area contributed by atoms with Crippen molar-refractivity contribution in [3.05, 3.63) is 65.2 Å². The van der Waals surface area contributed by atoms with Crippen LogP contribution < -0.4 is 9.62 Å². The van der Waals surface area contributed by atoms with Crippen molar-refractivity contribution in [2.45, 2.75) is 78.9 Å². The smallest absolute Gasteiger partial charge is 0.244 e. The first-order chi connectivity index (χ1) is 16.9. The van der Waals surface area contributed by atoms with E-state index in [2.05, 4.69) is 19.2 Å². The first-order valence-corrected chi connectivity index (χ1v) is 14.4. The number of carbonyl (C=O) groups is 2. The van der Waals surface area contributed by atoms with E-state index in [0.29, 0.717) is 18.0 Å². The van der Waals surface area contributed by atoms with Crippen molar-refractivity contribution in [3.8, 4) is 0 Å². The summed E-state index contributed by atoms with van der Waals surface area (Å²) in [4.78, 5) is 28.4. The fraction of sp³-hybridized carbons (Fsp3) is 0.500. The summed E-state index contributed by atoms with van der Waals surface area (Å²) in [6.07, 6.45) is 2.26. The van der Waals surface area contributed by atoms with Crippen LogP contribution in [0.15, 0.2) is 48.5 Å². The molecule has 7 nitrogen and oxygen atoms in total. The van der Waals surface area contributed by atoms with E-state index in [4.69, 9.17) is 0 Å². The highest BCUT2D eigenvalue weighted by molar-refractivity contribution is 7.92. The van der Waals surface area contributed by atoms with Crippen molar-refractivity contribution in [1.82, 2.24) is 10.2 Å². The second kappa shape index (κ2) is 12.9. The van der Waals surface area contributed by atoms with Crippen molar-refractivity contribution in [3.63, 3.8) is 0 Å². The average Bonchev–Trinajstić information content (AvgIpc) is 2.82. The molecule has 198 valence electrons. The molecule has 0 saturated heterocycles. The van der Waals surface area contributed by atoms with E-state index in [1.165, 1.54) is 4.90 Å². The van der Waals surface area contributed by atoms with E-state index in [-0.39, 0.29) is 18.5 Å². The standard InChI is InChI=1S/C28H41N3O4S/c1-8-22(6)29-28(33)26(9-2)30(18-23-12-10-21(5)11-13-23)27(32)19-31(36(7,34)35)25-16-14-24(15-17-25)20(3)4/h10-17,20,22,26H,8-9,18-19H2,1-7H3,(H,29,33). The lowest BCUT2D eigenvalue weighted by Gasteiger charge is -2.33. The van der Waals surface area contributed by atoms with Gasteiger partial charge in [-0.3, -0.25) is 13.9 Å². The van der Waals surface area contributed by atoms with Crippen LogP contribution in [0.3, 0.4) is 0 Å². The minimum Gasteiger partial charge on any atom is -0.352 e. The molecule has 0 fully saturated rings. The second-order valence-electron chi connectivity index (χ2n) is 9.77. The monoisotopic (exact) mass is 515 g/mol. The third-order valence-electron chi connectivity index (χ3n) is 6.39. The van der Waals surface area contributed by atoms with Gasteiger partial charge in [-0.2, -0.15) is 0 Å². The molecule has 2 rings (SSSR count). The van der Waals surface area contributed by atoms with Crippen molar-refractivity contribution in [2.75, 3.05) is 17.1 Å². The third-order valence-corrected chi connectivity index (χ3v) is 7.53. The number of anilines is 1. The van der Waals surface area contributed by atoms with Gasteiger partial charge in [0.1, 0.15) is 12.6 Å². The molecule has 0 heterocycles. The number of sulfonamides is 1. The van der Waals surface area contributed by atoms with Crippen molar-refractivity contribution in [1.29, 1.82) is 0 Å². The van der Waals surface area contributed by atoms with Gasteiger partial charge in [0, 0.05) is 12.6 Å². The molecule has 36 heavy (non-hydrogen) atoms. The van der Waals surface area contributed by atoms with Crippen molar-refractivity contribution < 1.29 is 18.0 Å². The normalized spacial score (nSPS) is 13.2.